The molecule has 0 aromatic carbocycles. The molecule has 1 rings (SSSR count). The average molecular weight is 461 g/mol. The number of hydrogen-bond acceptors (Lipinski definition) is 5. The molecule has 0 amide bonds. The normalized spacial score (nSPS) is 18.8. The summed E-state index contributed by atoms with van der Waals surface area (Å²) in [6.45, 7) is 21.3. The monoisotopic (exact) mass is 460 g/mol. The van der Waals surface area contributed by atoms with Crippen molar-refractivity contribution in [3.63, 3.8) is 0 Å². The van der Waals surface area contributed by atoms with Crippen molar-refractivity contribution in [3.05, 3.63) is 0 Å². The Kier molecular flexibility index (Phi) is 17.0. The first-order valence-electron chi connectivity index (χ1n) is 8.54. The van der Waals surface area contributed by atoms with Crippen LogP contribution in [-0.4, -0.2) is 53.3 Å². The van der Waals surface area contributed by atoms with Gasteiger partial charge >= 0.3 is 17.1 Å². The Morgan fingerprint density at radius 3 is 1.56 bits per heavy atom. The molecule has 9 heteroatoms. The second-order valence-corrected chi connectivity index (χ2v) is 25.3. The van der Waals surface area contributed by atoms with Gasteiger partial charge in [0.15, 0.2) is 22.9 Å². The summed E-state index contributed by atoms with van der Waals surface area (Å²) in [5.74, 6) is 0. The Hall–Kier alpha value is 0.668. The van der Waals surface area contributed by atoms with Crippen LogP contribution in [0.5, 0.6) is 0 Å². The van der Waals surface area contributed by atoms with E-state index < -0.39 is 33.8 Å². The molecule has 1 heterocycles. The molecule has 1 aliphatic heterocycles. The van der Waals surface area contributed by atoms with Gasteiger partial charge in [-0.15, -0.1) is 0 Å². The van der Waals surface area contributed by atoms with Gasteiger partial charge < -0.3 is 21.8 Å². The lowest BCUT2D eigenvalue weighted by molar-refractivity contribution is 0.0499. The van der Waals surface area contributed by atoms with Gasteiger partial charge in [-0.1, -0.05) is 29.7 Å². The van der Waals surface area contributed by atoms with Crippen LogP contribution >= 0.6 is 0 Å². The highest BCUT2D eigenvalue weighted by molar-refractivity contribution is 6.89. The Balaban J connectivity index is -0.000000661. The molecular weight excluding hydrogens is 409 g/mol. The van der Waals surface area contributed by atoms with Crippen molar-refractivity contribution in [2.45, 2.75) is 107 Å². The zero-order valence-electron chi connectivity index (χ0n) is 16.4. The summed E-state index contributed by atoms with van der Waals surface area (Å²) in [4.78, 5) is 0. The Morgan fingerprint density at radius 2 is 1.19 bits per heavy atom. The molecule has 2 unspecified atom stereocenters. The maximum absolute atomic E-state index is 6.62. The average Bonchev–Trinajstić information content (AvgIpc) is 3.00. The molecule has 2 atom stereocenters. The minimum atomic E-state index is -2.27. The Bertz CT molecular complexity index is 379. The Morgan fingerprint density at radius 1 is 0.741 bits per heavy atom. The summed E-state index contributed by atoms with van der Waals surface area (Å²) in [6.07, 6.45) is 0.979. The summed E-state index contributed by atoms with van der Waals surface area (Å²) in [5, 5.41) is 0. The summed E-state index contributed by atoms with van der Waals surface area (Å²) < 4.78 is 30.2. The summed E-state index contributed by atoms with van der Waals surface area (Å²) in [6, 6.07) is 0.940. The second-order valence-electron chi connectivity index (χ2n) is 8.80. The van der Waals surface area contributed by atoms with E-state index in [-0.39, 0.29) is 36.0 Å². The molecule has 1 fully saturated rings. The Labute approximate surface area is 176 Å². The van der Waals surface area contributed by atoms with Crippen molar-refractivity contribution >= 4 is 33.8 Å². The highest BCUT2D eigenvalue weighted by Crippen LogP contribution is 2.28. The van der Waals surface area contributed by atoms with Gasteiger partial charge in [0.1, 0.15) is 6.61 Å². The van der Waals surface area contributed by atoms with E-state index in [2.05, 4.69) is 58.9 Å². The van der Waals surface area contributed by atoms with Crippen LogP contribution in [0, 0.1) is 0 Å². The molecule has 0 saturated carbocycles. The molecule has 0 N–H and O–H groups in total. The van der Waals surface area contributed by atoms with Gasteiger partial charge in [-0.2, -0.15) is 0 Å². The van der Waals surface area contributed by atoms with E-state index in [9.17, 15) is 0 Å². The molecule has 0 spiro atoms. The van der Waals surface area contributed by atoms with Crippen LogP contribution in [0.4, 0.5) is 0 Å². The maximum atomic E-state index is 6.62. The largest absolute Gasteiger partial charge is 0.437 e. The van der Waals surface area contributed by atoms with Crippen LogP contribution in [0.15, 0.2) is 0 Å². The summed E-state index contributed by atoms with van der Waals surface area (Å²) in [5.41, 5.74) is 0. The van der Waals surface area contributed by atoms with Crippen LogP contribution in [-0.2, 0) is 21.8 Å². The van der Waals surface area contributed by atoms with Crippen LogP contribution in [0.3, 0.4) is 0 Å². The molecule has 0 aromatic rings. The summed E-state index contributed by atoms with van der Waals surface area (Å²) in [7, 11) is -7.75. The van der Waals surface area contributed by atoms with Crippen molar-refractivity contribution in [2.75, 3.05) is 13.2 Å². The maximum Gasteiger partial charge on any atom is 0.315 e. The quantitative estimate of drug-likeness (QED) is 0.193. The van der Waals surface area contributed by atoms with Gasteiger partial charge in [0, 0.05) is 6.61 Å². The molecule has 1 aliphatic rings. The van der Waals surface area contributed by atoms with Gasteiger partial charge in [-0.3, -0.25) is 0 Å². The molecule has 0 radical (unpaired) electrons. The fraction of sp³-hybridized carbons (Fsp3) is 1.00. The third-order valence-electron chi connectivity index (χ3n) is 2.92. The van der Waals surface area contributed by atoms with Crippen molar-refractivity contribution < 1.29 is 21.8 Å². The molecule has 5 nitrogen and oxygen atoms in total. The fourth-order valence-electron chi connectivity index (χ4n) is 2.79. The van der Waals surface area contributed by atoms with E-state index in [4.69, 9.17) is 21.8 Å². The van der Waals surface area contributed by atoms with Crippen molar-refractivity contribution in [2.24, 2.45) is 0 Å². The third-order valence-corrected chi connectivity index (χ3v) is 16.5. The predicted molar refractivity (Wildman–Crippen MR) is 131 cm³/mol. The van der Waals surface area contributed by atoms with E-state index in [0.717, 1.165) is 19.1 Å². The van der Waals surface area contributed by atoms with Crippen molar-refractivity contribution in [3.8, 4) is 0 Å². The third kappa shape index (κ3) is 18.4. The highest BCUT2D eigenvalue weighted by atomic mass is 28.5. The molecule has 0 bridgehead atoms. The van der Waals surface area contributed by atoms with Gasteiger partial charge in [-0.25, -0.2) is 0 Å². The van der Waals surface area contributed by atoms with Crippen LogP contribution in [0.25, 0.3) is 0 Å². The van der Waals surface area contributed by atoms with Crippen molar-refractivity contribution in [1.82, 2.24) is 0 Å². The van der Waals surface area contributed by atoms with Crippen molar-refractivity contribution in [1.29, 1.82) is 0 Å². The zero-order valence-corrected chi connectivity index (χ0v) is 20.4. The first-order chi connectivity index (χ1) is 10.2. The number of rotatable bonds is 11. The molecule has 0 aromatic heterocycles. The topological polar surface area (TPSA) is 49.5 Å². The molecular formula is C18H52O5Si4. The van der Waals surface area contributed by atoms with E-state index in [1.165, 1.54) is 0 Å². The second kappa shape index (κ2) is 13.1. The SMILES string of the molecule is C.C.C.C.C[Si](C)(C)O[Si](C)(C)O[Si](C)(CCCOC1CO1)O[Si](C)(C)C. The zero-order chi connectivity index (χ0) is 17.9. The fourth-order valence-corrected chi connectivity index (χ4v) is 20.7. The first-order valence-corrected chi connectivity index (χ1v) is 20.7. The molecule has 1 saturated heterocycles. The molecule has 27 heavy (non-hydrogen) atoms. The van der Waals surface area contributed by atoms with Gasteiger partial charge in [0.25, 0.3) is 0 Å². The van der Waals surface area contributed by atoms with Crippen LogP contribution in [0.2, 0.25) is 65.0 Å². The highest BCUT2D eigenvalue weighted by Gasteiger charge is 2.44. The van der Waals surface area contributed by atoms with Gasteiger partial charge in [0.2, 0.25) is 0 Å². The van der Waals surface area contributed by atoms with E-state index >= 15 is 0 Å². The standard InChI is InChI=1S/C14H36O5Si4.4CH4/c1-20(2,3)17-22(7,8)19-23(9,18-21(4,5)6)12-10-11-15-14-13-16-14;;;;/h14H,10-13H2,1-9H3;4*1H4. The van der Waals surface area contributed by atoms with Crippen LogP contribution < -0.4 is 0 Å². The lowest BCUT2D eigenvalue weighted by atomic mass is 10.5. The minimum absolute atomic E-state index is 0. The van der Waals surface area contributed by atoms with Gasteiger partial charge in [0.05, 0.1) is 0 Å². The van der Waals surface area contributed by atoms with E-state index in [1.54, 1.807) is 0 Å². The van der Waals surface area contributed by atoms with Gasteiger partial charge in [-0.05, 0) is 71.4 Å². The lowest BCUT2D eigenvalue weighted by Gasteiger charge is -2.41. The lowest BCUT2D eigenvalue weighted by Crippen LogP contribution is -2.56. The molecule has 170 valence electrons. The predicted octanol–water partition coefficient (Wildman–Crippen LogP) is 6.79. The summed E-state index contributed by atoms with van der Waals surface area (Å²) >= 11 is 0. The van der Waals surface area contributed by atoms with E-state index in [1.807, 2.05) is 0 Å². The number of ether oxygens (including phenoxy) is 2. The van der Waals surface area contributed by atoms with E-state index in [0.29, 0.717) is 6.61 Å². The van der Waals surface area contributed by atoms with Crippen LogP contribution in [0.1, 0.15) is 36.1 Å². The minimum Gasteiger partial charge on any atom is -0.437 e. The molecule has 0 aliphatic carbocycles. The smallest absolute Gasteiger partial charge is 0.315 e. The first kappa shape index (κ1) is 35.1. The number of epoxide rings is 1. The number of hydrogen-bond donors (Lipinski definition) is 0.